The van der Waals surface area contributed by atoms with E-state index in [1.165, 1.54) is 19.3 Å². The Labute approximate surface area is 133 Å². The normalized spacial score (nSPS) is 22.2. The lowest BCUT2D eigenvalue weighted by Crippen LogP contribution is -2.35. The van der Waals surface area contributed by atoms with Crippen molar-refractivity contribution in [3.05, 3.63) is 28.8 Å². The van der Waals surface area contributed by atoms with E-state index in [1.54, 1.807) is 7.11 Å². The van der Waals surface area contributed by atoms with Crippen LogP contribution in [0.2, 0.25) is 5.02 Å². The summed E-state index contributed by atoms with van der Waals surface area (Å²) in [6, 6.07) is 6.33. The maximum atomic E-state index is 6.05. The molecule has 0 atom stereocenters. The van der Waals surface area contributed by atoms with Gasteiger partial charge in [0.05, 0.1) is 19.8 Å². The van der Waals surface area contributed by atoms with E-state index in [0.717, 1.165) is 35.7 Å². The molecule has 1 N–H and O–H groups in total. The van der Waals surface area contributed by atoms with Crippen molar-refractivity contribution in [2.45, 2.75) is 57.8 Å². The van der Waals surface area contributed by atoms with Crippen LogP contribution in [0.3, 0.4) is 0 Å². The van der Waals surface area contributed by atoms with Gasteiger partial charge in [-0.15, -0.1) is 0 Å². The highest BCUT2D eigenvalue weighted by molar-refractivity contribution is 6.30. The summed E-state index contributed by atoms with van der Waals surface area (Å²) in [5.41, 5.74) is 1.02. The Hall–Kier alpha value is -0.770. The first kappa shape index (κ1) is 16.6. The molecule has 1 saturated carbocycles. The molecule has 0 aromatic heterocycles. The molecule has 1 aromatic carbocycles. The van der Waals surface area contributed by atoms with Gasteiger partial charge in [0, 0.05) is 16.6 Å². The van der Waals surface area contributed by atoms with E-state index < -0.39 is 0 Å². The fraction of sp³-hybridized carbons (Fsp3) is 0.647. The van der Waals surface area contributed by atoms with E-state index in [-0.39, 0.29) is 0 Å². The van der Waals surface area contributed by atoms with Crippen molar-refractivity contribution >= 4 is 11.6 Å². The molecule has 0 radical (unpaired) electrons. The Bertz CT molecular complexity index is 431. The van der Waals surface area contributed by atoms with E-state index in [9.17, 15) is 0 Å². The van der Waals surface area contributed by atoms with Crippen LogP contribution in [-0.4, -0.2) is 25.8 Å². The van der Waals surface area contributed by atoms with Gasteiger partial charge in [-0.2, -0.15) is 0 Å². The van der Waals surface area contributed by atoms with Crippen molar-refractivity contribution in [2.24, 2.45) is 0 Å². The first-order chi connectivity index (χ1) is 10.2. The summed E-state index contributed by atoms with van der Waals surface area (Å²) in [6.45, 7) is 3.90. The van der Waals surface area contributed by atoms with Crippen molar-refractivity contribution in [1.29, 1.82) is 0 Å². The molecular weight excluding hydrogens is 286 g/mol. The smallest absolute Gasteiger partial charge is 0.124 e. The minimum Gasteiger partial charge on any atom is -0.496 e. The third-order valence-corrected chi connectivity index (χ3v) is 4.31. The van der Waals surface area contributed by atoms with Gasteiger partial charge in [-0.25, -0.2) is 0 Å². The second-order valence-electron chi connectivity index (χ2n) is 5.69. The maximum absolute atomic E-state index is 6.05. The van der Waals surface area contributed by atoms with E-state index in [0.29, 0.717) is 18.8 Å². The summed E-state index contributed by atoms with van der Waals surface area (Å²) in [5, 5.41) is 4.32. The minimum atomic E-state index is 0.355. The summed E-state index contributed by atoms with van der Waals surface area (Å²) in [6.07, 6.45) is 6.22. The summed E-state index contributed by atoms with van der Waals surface area (Å²) < 4.78 is 11.4. The number of benzene rings is 1. The Kier molecular flexibility index (Phi) is 6.81. The van der Waals surface area contributed by atoms with E-state index >= 15 is 0 Å². The molecule has 4 heteroatoms. The number of nitrogens with one attached hydrogen (secondary N) is 1. The Morgan fingerprint density at radius 3 is 2.67 bits per heavy atom. The predicted octanol–water partition coefficient (Wildman–Crippen LogP) is 4.18. The second kappa shape index (κ2) is 8.62. The third-order valence-electron chi connectivity index (χ3n) is 4.07. The molecule has 0 heterocycles. The number of ether oxygens (including phenoxy) is 2. The average Bonchev–Trinajstić information content (AvgIpc) is 2.52. The first-order valence-electron chi connectivity index (χ1n) is 7.90. The summed E-state index contributed by atoms with van der Waals surface area (Å²) in [4.78, 5) is 0. The standard InChI is InChI=1S/C17H26ClNO2/c1-3-10-19-15-5-7-16(8-6-15)21-12-13-11-14(18)4-9-17(13)20-2/h4,9,11,15-16,19H,3,5-8,10,12H2,1-2H3. The van der Waals surface area contributed by atoms with Crippen molar-refractivity contribution in [1.82, 2.24) is 5.32 Å². The number of hydrogen-bond donors (Lipinski definition) is 1. The van der Waals surface area contributed by atoms with Crippen LogP contribution in [0.1, 0.15) is 44.6 Å². The van der Waals surface area contributed by atoms with Gasteiger partial charge < -0.3 is 14.8 Å². The monoisotopic (exact) mass is 311 g/mol. The number of halogens is 1. The number of rotatable bonds is 7. The molecule has 21 heavy (non-hydrogen) atoms. The van der Waals surface area contributed by atoms with Crippen LogP contribution in [0.25, 0.3) is 0 Å². The Morgan fingerprint density at radius 2 is 2.00 bits per heavy atom. The second-order valence-corrected chi connectivity index (χ2v) is 6.13. The van der Waals surface area contributed by atoms with Gasteiger partial charge in [0.15, 0.2) is 0 Å². The molecule has 0 unspecified atom stereocenters. The molecule has 2 rings (SSSR count). The Balaban J connectivity index is 1.78. The molecule has 0 saturated heterocycles. The highest BCUT2D eigenvalue weighted by Gasteiger charge is 2.21. The number of methoxy groups -OCH3 is 1. The van der Waals surface area contributed by atoms with Crippen LogP contribution in [0, 0.1) is 0 Å². The van der Waals surface area contributed by atoms with E-state index in [1.807, 2.05) is 18.2 Å². The SMILES string of the molecule is CCCNC1CCC(OCc2cc(Cl)ccc2OC)CC1. The molecule has 1 aliphatic rings. The van der Waals surface area contributed by atoms with Crippen LogP contribution in [0.5, 0.6) is 5.75 Å². The van der Waals surface area contributed by atoms with Gasteiger partial charge in [-0.1, -0.05) is 18.5 Å². The van der Waals surface area contributed by atoms with Gasteiger partial charge >= 0.3 is 0 Å². The quantitative estimate of drug-likeness (QED) is 0.819. The van der Waals surface area contributed by atoms with Gasteiger partial charge in [0.1, 0.15) is 5.75 Å². The fourth-order valence-corrected chi connectivity index (χ4v) is 3.04. The van der Waals surface area contributed by atoms with Crippen molar-refractivity contribution in [3.63, 3.8) is 0 Å². The van der Waals surface area contributed by atoms with Crippen molar-refractivity contribution in [3.8, 4) is 5.75 Å². The first-order valence-corrected chi connectivity index (χ1v) is 8.28. The largest absolute Gasteiger partial charge is 0.496 e. The zero-order valence-electron chi connectivity index (χ0n) is 13.0. The van der Waals surface area contributed by atoms with E-state index in [4.69, 9.17) is 21.1 Å². The molecular formula is C17H26ClNO2. The number of hydrogen-bond acceptors (Lipinski definition) is 3. The van der Waals surface area contributed by atoms with Gasteiger partial charge in [0.2, 0.25) is 0 Å². The van der Waals surface area contributed by atoms with E-state index in [2.05, 4.69) is 12.2 Å². The summed E-state index contributed by atoms with van der Waals surface area (Å²) >= 11 is 6.04. The average molecular weight is 312 g/mol. The maximum Gasteiger partial charge on any atom is 0.124 e. The van der Waals surface area contributed by atoms with Gasteiger partial charge in [0.25, 0.3) is 0 Å². The lowest BCUT2D eigenvalue weighted by atomic mass is 9.93. The van der Waals surface area contributed by atoms with Crippen molar-refractivity contribution in [2.75, 3.05) is 13.7 Å². The van der Waals surface area contributed by atoms with Crippen LogP contribution in [0.15, 0.2) is 18.2 Å². The summed E-state index contributed by atoms with van der Waals surface area (Å²) in [7, 11) is 1.68. The predicted molar refractivity (Wildman–Crippen MR) is 87.1 cm³/mol. The molecule has 118 valence electrons. The molecule has 1 aliphatic carbocycles. The summed E-state index contributed by atoms with van der Waals surface area (Å²) in [5.74, 6) is 0.845. The van der Waals surface area contributed by atoms with Crippen LogP contribution < -0.4 is 10.1 Å². The third kappa shape index (κ3) is 5.17. The highest BCUT2D eigenvalue weighted by Crippen LogP contribution is 2.26. The van der Waals surface area contributed by atoms with Crippen LogP contribution in [-0.2, 0) is 11.3 Å². The zero-order valence-corrected chi connectivity index (χ0v) is 13.8. The highest BCUT2D eigenvalue weighted by atomic mass is 35.5. The van der Waals surface area contributed by atoms with Gasteiger partial charge in [-0.05, 0) is 56.8 Å². The van der Waals surface area contributed by atoms with Crippen LogP contribution >= 0.6 is 11.6 Å². The topological polar surface area (TPSA) is 30.5 Å². The van der Waals surface area contributed by atoms with Crippen LogP contribution in [0.4, 0.5) is 0 Å². The molecule has 1 aromatic rings. The molecule has 1 fully saturated rings. The van der Waals surface area contributed by atoms with Crippen molar-refractivity contribution < 1.29 is 9.47 Å². The Morgan fingerprint density at radius 1 is 1.24 bits per heavy atom. The molecule has 0 amide bonds. The van der Waals surface area contributed by atoms with Gasteiger partial charge in [-0.3, -0.25) is 0 Å². The minimum absolute atomic E-state index is 0.355. The molecule has 0 bridgehead atoms. The zero-order chi connectivity index (χ0) is 15.1. The lowest BCUT2D eigenvalue weighted by Gasteiger charge is -2.29. The lowest BCUT2D eigenvalue weighted by molar-refractivity contribution is 0.0106. The molecule has 3 nitrogen and oxygen atoms in total. The fourth-order valence-electron chi connectivity index (χ4n) is 2.85. The molecule has 0 spiro atoms. The molecule has 0 aliphatic heterocycles.